The Morgan fingerprint density at radius 3 is 1.95 bits per heavy atom. The molecule has 0 unspecified atom stereocenters. The topological polar surface area (TPSA) is 38.3 Å². The minimum atomic E-state index is -4.41. The maximum Gasteiger partial charge on any atom is 0.416 e. The molecule has 3 nitrogen and oxygen atoms in total. The number of rotatable bonds is 3. The second kappa shape index (κ2) is 5.80. The van der Waals surface area contributed by atoms with E-state index in [-0.39, 0.29) is 10.6 Å². The first-order valence-electron chi connectivity index (χ1n) is 6.50. The van der Waals surface area contributed by atoms with Crippen LogP contribution in [0, 0.1) is 0 Å². The van der Waals surface area contributed by atoms with Gasteiger partial charge in [-0.25, -0.2) is 5.48 Å². The van der Waals surface area contributed by atoms with E-state index in [1.54, 1.807) is 0 Å². The molecular formula is C14H20F3NO2Si. The molecule has 1 aromatic carbocycles. The highest BCUT2D eigenvalue weighted by Crippen LogP contribution is 2.36. The van der Waals surface area contributed by atoms with Crippen LogP contribution in [0.5, 0.6) is 0 Å². The number of nitrogens with one attached hydrogen (secondary N) is 1. The molecule has 0 aliphatic heterocycles. The fourth-order valence-corrected chi connectivity index (χ4v) is 1.85. The molecule has 1 N–H and O–H groups in total. The molecule has 0 saturated heterocycles. The van der Waals surface area contributed by atoms with E-state index in [1.165, 1.54) is 0 Å². The summed E-state index contributed by atoms with van der Waals surface area (Å²) in [5, 5.41) is -0.0829. The summed E-state index contributed by atoms with van der Waals surface area (Å²) >= 11 is 0. The van der Waals surface area contributed by atoms with Crippen molar-refractivity contribution in [3.05, 3.63) is 35.4 Å². The summed E-state index contributed by atoms with van der Waals surface area (Å²) in [7, 11) is -2.15. The molecule has 0 heterocycles. The van der Waals surface area contributed by atoms with Gasteiger partial charge in [0, 0.05) is 5.56 Å². The minimum Gasteiger partial charge on any atom is -0.319 e. The lowest BCUT2D eigenvalue weighted by atomic mass is 10.1. The van der Waals surface area contributed by atoms with Gasteiger partial charge in [-0.2, -0.15) is 13.2 Å². The first kappa shape index (κ1) is 17.7. The fraction of sp³-hybridized carbons (Fsp3) is 0.500. The lowest BCUT2D eigenvalue weighted by molar-refractivity contribution is -0.137. The molecule has 7 heteroatoms. The highest BCUT2D eigenvalue weighted by Gasteiger charge is 2.38. The number of carbonyl (C=O) groups excluding carboxylic acids is 1. The van der Waals surface area contributed by atoms with Crippen molar-refractivity contribution >= 4 is 14.2 Å². The number of amides is 1. The van der Waals surface area contributed by atoms with Gasteiger partial charge < -0.3 is 4.53 Å². The molecule has 0 saturated carbocycles. The van der Waals surface area contributed by atoms with E-state index in [1.807, 2.05) is 33.9 Å². The summed E-state index contributed by atoms with van der Waals surface area (Å²) in [4.78, 5) is 11.9. The third-order valence-electron chi connectivity index (χ3n) is 3.68. The number of benzene rings is 1. The molecule has 0 aliphatic carbocycles. The summed E-state index contributed by atoms with van der Waals surface area (Å²) in [6, 6.07) is 4.02. The molecule has 21 heavy (non-hydrogen) atoms. The highest BCUT2D eigenvalue weighted by molar-refractivity contribution is 6.74. The van der Waals surface area contributed by atoms with Gasteiger partial charge in [0.15, 0.2) is 0 Å². The second-order valence-electron chi connectivity index (χ2n) is 6.37. The van der Waals surface area contributed by atoms with Crippen LogP contribution in [0.1, 0.15) is 36.7 Å². The van der Waals surface area contributed by atoms with Crippen LogP contribution >= 0.6 is 0 Å². The van der Waals surface area contributed by atoms with Crippen LogP contribution < -0.4 is 5.48 Å². The van der Waals surface area contributed by atoms with Gasteiger partial charge in [0.05, 0.1) is 5.56 Å². The first-order chi connectivity index (χ1) is 9.34. The van der Waals surface area contributed by atoms with Gasteiger partial charge in [0.2, 0.25) is 8.32 Å². The number of halogens is 3. The number of alkyl halides is 3. The molecule has 0 aromatic heterocycles. The zero-order valence-electron chi connectivity index (χ0n) is 12.8. The van der Waals surface area contributed by atoms with Gasteiger partial charge in [-0.15, -0.1) is 0 Å². The van der Waals surface area contributed by atoms with Crippen LogP contribution in [0.4, 0.5) is 13.2 Å². The van der Waals surface area contributed by atoms with Crippen molar-refractivity contribution in [1.82, 2.24) is 5.48 Å². The molecule has 1 rings (SSSR count). The molecule has 0 radical (unpaired) electrons. The normalized spacial score (nSPS) is 13.1. The van der Waals surface area contributed by atoms with Gasteiger partial charge in [-0.3, -0.25) is 4.79 Å². The van der Waals surface area contributed by atoms with E-state index in [2.05, 4.69) is 5.48 Å². The third-order valence-corrected chi connectivity index (χ3v) is 7.90. The molecular weight excluding hydrogens is 299 g/mol. The van der Waals surface area contributed by atoms with E-state index in [9.17, 15) is 18.0 Å². The van der Waals surface area contributed by atoms with Crippen LogP contribution in [-0.4, -0.2) is 14.2 Å². The van der Waals surface area contributed by atoms with E-state index in [0.29, 0.717) is 0 Å². The Labute approximate surface area is 123 Å². The van der Waals surface area contributed by atoms with Crippen LogP contribution in [0.3, 0.4) is 0 Å². The van der Waals surface area contributed by atoms with E-state index in [0.717, 1.165) is 24.3 Å². The Kier molecular flexibility index (Phi) is 4.89. The van der Waals surface area contributed by atoms with Crippen LogP contribution in [-0.2, 0) is 10.7 Å². The lowest BCUT2D eigenvalue weighted by Gasteiger charge is -2.35. The van der Waals surface area contributed by atoms with Crippen LogP contribution in [0.25, 0.3) is 0 Å². The molecule has 0 atom stereocenters. The Bertz CT molecular complexity index is 504. The van der Waals surface area contributed by atoms with Gasteiger partial charge in [0.1, 0.15) is 0 Å². The second-order valence-corrected chi connectivity index (χ2v) is 11.1. The third kappa shape index (κ3) is 4.57. The smallest absolute Gasteiger partial charge is 0.319 e. The standard InChI is InChI=1S/C14H20F3NO2Si/c1-13(2,3)21(4,5)20-18-12(19)10-6-8-11(9-7-10)14(15,16)17/h6-9H,1-5H3,(H,18,19). The average Bonchev–Trinajstić information content (AvgIpc) is 2.34. The van der Waals surface area contributed by atoms with Crippen molar-refractivity contribution in [2.45, 2.75) is 45.1 Å². The Balaban J connectivity index is 2.74. The minimum absolute atomic E-state index is 0.0829. The zero-order chi connectivity index (χ0) is 16.5. The number of hydroxylamine groups is 1. The van der Waals surface area contributed by atoms with E-state index >= 15 is 0 Å². The number of hydrogen-bond acceptors (Lipinski definition) is 2. The Hall–Kier alpha value is -1.34. The summed E-state index contributed by atoms with van der Waals surface area (Å²) in [5.74, 6) is -0.548. The Morgan fingerprint density at radius 2 is 1.57 bits per heavy atom. The molecule has 0 bridgehead atoms. The summed E-state index contributed by atoms with van der Waals surface area (Å²) in [5.41, 5.74) is 1.68. The zero-order valence-corrected chi connectivity index (χ0v) is 13.8. The summed E-state index contributed by atoms with van der Waals surface area (Å²) in [6.45, 7) is 9.97. The van der Waals surface area contributed by atoms with Crippen molar-refractivity contribution in [3.63, 3.8) is 0 Å². The summed E-state index contributed by atoms with van der Waals surface area (Å²) < 4.78 is 42.8. The highest BCUT2D eigenvalue weighted by atomic mass is 28.4. The van der Waals surface area contributed by atoms with Crippen molar-refractivity contribution in [2.75, 3.05) is 0 Å². The van der Waals surface area contributed by atoms with Crippen LogP contribution in [0.15, 0.2) is 24.3 Å². The Morgan fingerprint density at radius 1 is 1.10 bits per heavy atom. The monoisotopic (exact) mass is 319 g/mol. The van der Waals surface area contributed by atoms with Crippen molar-refractivity contribution in [1.29, 1.82) is 0 Å². The predicted molar refractivity (Wildman–Crippen MR) is 77.2 cm³/mol. The quantitative estimate of drug-likeness (QED) is 0.663. The SMILES string of the molecule is CC(C)(C)[Si](C)(C)ONC(=O)c1ccc(C(F)(F)F)cc1. The maximum atomic E-state index is 12.4. The molecule has 0 spiro atoms. The largest absolute Gasteiger partial charge is 0.416 e. The fourth-order valence-electron chi connectivity index (χ4n) is 1.20. The molecule has 118 valence electrons. The number of hydrogen-bond donors (Lipinski definition) is 1. The average molecular weight is 319 g/mol. The molecule has 0 aliphatic rings. The van der Waals surface area contributed by atoms with Gasteiger partial charge in [0.25, 0.3) is 5.91 Å². The molecule has 1 amide bonds. The van der Waals surface area contributed by atoms with E-state index in [4.69, 9.17) is 4.53 Å². The van der Waals surface area contributed by atoms with Gasteiger partial charge in [-0.1, -0.05) is 20.8 Å². The predicted octanol–water partition coefficient (Wildman–Crippen LogP) is 4.37. The summed E-state index contributed by atoms with van der Waals surface area (Å²) in [6.07, 6.45) is -4.41. The van der Waals surface area contributed by atoms with Crippen molar-refractivity contribution < 1.29 is 22.5 Å². The first-order valence-corrected chi connectivity index (χ1v) is 9.41. The maximum absolute atomic E-state index is 12.4. The van der Waals surface area contributed by atoms with Crippen molar-refractivity contribution in [2.24, 2.45) is 0 Å². The number of carbonyl (C=O) groups is 1. The van der Waals surface area contributed by atoms with Gasteiger partial charge in [-0.05, 0) is 42.4 Å². The lowest BCUT2D eigenvalue weighted by Crippen LogP contribution is -2.46. The molecule has 0 fully saturated rings. The van der Waals surface area contributed by atoms with E-state index < -0.39 is 26.0 Å². The van der Waals surface area contributed by atoms with Crippen LogP contribution in [0.2, 0.25) is 18.1 Å². The molecule has 1 aromatic rings. The van der Waals surface area contributed by atoms with Crippen molar-refractivity contribution in [3.8, 4) is 0 Å². The van der Waals surface area contributed by atoms with Gasteiger partial charge >= 0.3 is 6.18 Å².